The maximum atomic E-state index is 11.3. The average molecular weight is 233 g/mol. The molecule has 0 fully saturated rings. The minimum Gasteiger partial charge on any atom is -0.466 e. The molecule has 5 heteroatoms. The Hall–Kier alpha value is -2.09. The van der Waals surface area contributed by atoms with Crippen LogP contribution in [0.25, 0.3) is 0 Å². The van der Waals surface area contributed by atoms with Crippen LogP contribution in [0.2, 0.25) is 0 Å². The molecule has 1 unspecified atom stereocenters. The number of nitriles is 1. The monoisotopic (exact) mass is 233 g/mol. The molecule has 0 saturated heterocycles. The molecule has 0 aliphatic rings. The van der Waals surface area contributed by atoms with Crippen LogP contribution in [0.5, 0.6) is 0 Å². The Morgan fingerprint density at radius 2 is 2.47 bits per heavy atom. The first kappa shape index (κ1) is 13.0. The lowest BCUT2D eigenvalue weighted by molar-refractivity contribution is -0.143. The highest BCUT2D eigenvalue weighted by Gasteiger charge is 2.11. The number of ether oxygens (including phenoxy) is 1. The molecule has 0 saturated carbocycles. The van der Waals surface area contributed by atoms with Crippen LogP contribution in [0, 0.1) is 11.3 Å². The van der Waals surface area contributed by atoms with Crippen LogP contribution in [-0.2, 0) is 9.53 Å². The van der Waals surface area contributed by atoms with Crippen LogP contribution in [0.4, 0.5) is 5.82 Å². The van der Waals surface area contributed by atoms with Gasteiger partial charge < -0.3 is 10.1 Å². The minimum absolute atomic E-state index is 0.129. The Labute approximate surface area is 100 Å². The number of hydrogen-bond acceptors (Lipinski definition) is 5. The van der Waals surface area contributed by atoms with E-state index >= 15 is 0 Å². The number of carbonyl (C=O) groups is 1. The van der Waals surface area contributed by atoms with Gasteiger partial charge in [-0.1, -0.05) is 0 Å². The Bertz CT molecular complexity index is 426. The van der Waals surface area contributed by atoms with E-state index in [1.165, 1.54) is 0 Å². The number of hydrogen-bond donors (Lipinski definition) is 1. The van der Waals surface area contributed by atoms with Crippen LogP contribution >= 0.6 is 0 Å². The van der Waals surface area contributed by atoms with Crippen LogP contribution in [-0.4, -0.2) is 23.6 Å². The van der Waals surface area contributed by atoms with Gasteiger partial charge in [0, 0.05) is 12.2 Å². The molecule has 17 heavy (non-hydrogen) atoms. The SMILES string of the molecule is CCOC(=O)CC(C)Nc1ncccc1C#N. The molecule has 0 bridgehead atoms. The Balaban J connectivity index is 2.59. The molecule has 0 aliphatic heterocycles. The summed E-state index contributed by atoms with van der Waals surface area (Å²) in [6, 6.07) is 5.28. The summed E-state index contributed by atoms with van der Waals surface area (Å²) < 4.78 is 4.84. The topological polar surface area (TPSA) is 75.0 Å². The summed E-state index contributed by atoms with van der Waals surface area (Å²) in [6.45, 7) is 3.98. The molecule has 1 aromatic heterocycles. The van der Waals surface area contributed by atoms with Crippen molar-refractivity contribution in [1.29, 1.82) is 5.26 Å². The van der Waals surface area contributed by atoms with E-state index < -0.39 is 0 Å². The smallest absolute Gasteiger partial charge is 0.307 e. The number of nitrogens with one attached hydrogen (secondary N) is 1. The fourth-order valence-electron chi connectivity index (χ4n) is 1.36. The molecule has 5 nitrogen and oxygen atoms in total. The van der Waals surface area contributed by atoms with Crippen molar-refractivity contribution in [3.05, 3.63) is 23.9 Å². The summed E-state index contributed by atoms with van der Waals surface area (Å²) >= 11 is 0. The van der Waals surface area contributed by atoms with E-state index in [2.05, 4.69) is 10.3 Å². The lowest BCUT2D eigenvalue weighted by Gasteiger charge is -2.14. The van der Waals surface area contributed by atoms with Crippen LogP contribution in [0.15, 0.2) is 18.3 Å². The number of nitrogens with zero attached hydrogens (tertiary/aromatic N) is 2. The molecule has 0 aromatic carbocycles. The fourth-order valence-corrected chi connectivity index (χ4v) is 1.36. The summed E-state index contributed by atoms with van der Waals surface area (Å²) in [5.41, 5.74) is 0.461. The maximum Gasteiger partial charge on any atom is 0.307 e. The molecule has 1 heterocycles. The first-order chi connectivity index (χ1) is 8.17. The predicted molar refractivity (Wildman–Crippen MR) is 63.3 cm³/mol. The van der Waals surface area contributed by atoms with Gasteiger partial charge in [0.05, 0.1) is 18.6 Å². The number of anilines is 1. The van der Waals surface area contributed by atoms with Gasteiger partial charge in [-0.25, -0.2) is 4.98 Å². The van der Waals surface area contributed by atoms with Gasteiger partial charge in [-0.2, -0.15) is 5.26 Å². The molecule has 1 atom stereocenters. The van der Waals surface area contributed by atoms with Crippen molar-refractivity contribution >= 4 is 11.8 Å². The molecular formula is C12H15N3O2. The van der Waals surface area contributed by atoms with Gasteiger partial charge in [0.15, 0.2) is 0 Å². The molecule has 0 radical (unpaired) electrons. The highest BCUT2D eigenvalue weighted by molar-refractivity contribution is 5.70. The molecule has 1 rings (SSSR count). The highest BCUT2D eigenvalue weighted by atomic mass is 16.5. The summed E-state index contributed by atoms with van der Waals surface area (Å²) in [5, 5.41) is 11.9. The predicted octanol–water partition coefficient (Wildman–Crippen LogP) is 1.71. The van der Waals surface area contributed by atoms with Gasteiger partial charge in [0.25, 0.3) is 0 Å². The van der Waals surface area contributed by atoms with Gasteiger partial charge >= 0.3 is 5.97 Å². The van der Waals surface area contributed by atoms with Crippen molar-refractivity contribution in [2.75, 3.05) is 11.9 Å². The zero-order chi connectivity index (χ0) is 12.7. The van der Waals surface area contributed by atoms with Gasteiger partial charge in [-0.15, -0.1) is 0 Å². The van der Waals surface area contributed by atoms with Gasteiger partial charge in [0.2, 0.25) is 0 Å². The normalized spacial score (nSPS) is 11.4. The second-order valence-corrected chi connectivity index (χ2v) is 3.57. The third kappa shape index (κ3) is 4.11. The van der Waals surface area contributed by atoms with Crippen LogP contribution < -0.4 is 5.32 Å². The summed E-state index contributed by atoms with van der Waals surface area (Å²) in [5.74, 6) is 0.230. The molecule has 1 N–H and O–H groups in total. The summed E-state index contributed by atoms with van der Waals surface area (Å²) in [7, 11) is 0. The lowest BCUT2D eigenvalue weighted by Crippen LogP contribution is -2.22. The first-order valence-corrected chi connectivity index (χ1v) is 5.44. The number of carbonyl (C=O) groups excluding carboxylic acids is 1. The molecule has 0 spiro atoms. The van der Waals surface area contributed by atoms with Gasteiger partial charge in [-0.3, -0.25) is 4.79 Å². The fraction of sp³-hybridized carbons (Fsp3) is 0.417. The summed E-state index contributed by atoms with van der Waals surface area (Å²) in [6.07, 6.45) is 1.84. The van der Waals surface area contributed by atoms with E-state index in [0.29, 0.717) is 18.0 Å². The second kappa shape index (κ2) is 6.48. The Kier molecular flexibility index (Phi) is 4.95. The molecule has 1 aromatic rings. The second-order valence-electron chi connectivity index (χ2n) is 3.57. The molecule has 0 aliphatic carbocycles. The van der Waals surface area contributed by atoms with Crippen molar-refractivity contribution in [3.8, 4) is 6.07 Å². The quantitative estimate of drug-likeness (QED) is 0.783. The highest BCUT2D eigenvalue weighted by Crippen LogP contribution is 2.12. The average Bonchev–Trinajstić information content (AvgIpc) is 2.29. The van der Waals surface area contributed by atoms with Crippen molar-refractivity contribution in [2.45, 2.75) is 26.3 Å². The molecule has 90 valence electrons. The molecular weight excluding hydrogens is 218 g/mol. The van der Waals surface area contributed by atoms with E-state index in [1.54, 1.807) is 25.3 Å². The third-order valence-electron chi connectivity index (χ3n) is 2.09. The zero-order valence-corrected chi connectivity index (χ0v) is 9.93. The first-order valence-electron chi connectivity index (χ1n) is 5.44. The lowest BCUT2D eigenvalue weighted by atomic mass is 10.2. The van der Waals surface area contributed by atoms with Crippen molar-refractivity contribution < 1.29 is 9.53 Å². The van der Waals surface area contributed by atoms with Crippen LogP contribution in [0.3, 0.4) is 0 Å². The van der Waals surface area contributed by atoms with E-state index in [4.69, 9.17) is 10.00 Å². The Morgan fingerprint density at radius 1 is 1.71 bits per heavy atom. The third-order valence-corrected chi connectivity index (χ3v) is 2.09. The maximum absolute atomic E-state index is 11.3. The van der Waals surface area contributed by atoms with E-state index in [9.17, 15) is 4.79 Å². The number of esters is 1. The van der Waals surface area contributed by atoms with E-state index in [0.717, 1.165) is 0 Å². The van der Waals surface area contributed by atoms with Crippen molar-refractivity contribution in [1.82, 2.24) is 4.98 Å². The molecule has 0 amide bonds. The standard InChI is InChI=1S/C12H15N3O2/c1-3-17-11(16)7-9(2)15-12-10(8-13)5-4-6-14-12/h4-6,9H,3,7H2,1-2H3,(H,14,15). The minimum atomic E-state index is -0.262. The Morgan fingerprint density at radius 3 is 3.12 bits per heavy atom. The number of pyridine rings is 1. The van der Waals surface area contributed by atoms with Gasteiger partial charge in [-0.05, 0) is 26.0 Å². The zero-order valence-electron chi connectivity index (χ0n) is 9.93. The number of aromatic nitrogens is 1. The van der Waals surface area contributed by atoms with E-state index in [1.807, 2.05) is 13.0 Å². The largest absolute Gasteiger partial charge is 0.466 e. The van der Waals surface area contributed by atoms with Crippen LogP contribution in [0.1, 0.15) is 25.8 Å². The van der Waals surface area contributed by atoms with Crippen molar-refractivity contribution in [2.24, 2.45) is 0 Å². The summed E-state index contributed by atoms with van der Waals surface area (Å²) in [4.78, 5) is 15.3. The van der Waals surface area contributed by atoms with Crippen molar-refractivity contribution in [3.63, 3.8) is 0 Å². The van der Waals surface area contributed by atoms with Gasteiger partial charge in [0.1, 0.15) is 11.9 Å². The number of rotatable bonds is 5. The van der Waals surface area contributed by atoms with E-state index in [-0.39, 0.29) is 18.4 Å².